The molecule has 1 rings (SSSR count). The van der Waals surface area contributed by atoms with Gasteiger partial charge in [-0.25, -0.2) is 0 Å². The van der Waals surface area contributed by atoms with Gasteiger partial charge in [-0.15, -0.1) is 0 Å². The maximum absolute atomic E-state index is 12.6. The molecule has 0 aromatic heterocycles. The van der Waals surface area contributed by atoms with E-state index in [9.17, 15) is 18.0 Å². The summed E-state index contributed by atoms with van der Waals surface area (Å²) in [5.74, 6) is -0.308. The topological polar surface area (TPSA) is 55.6 Å². The van der Waals surface area contributed by atoms with Crippen LogP contribution in [0.15, 0.2) is 18.2 Å². The summed E-state index contributed by atoms with van der Waals surface area (Å²) >= 11 is 0. The second-order valence-corrected chi connectivity index (χ2v) is 4.65. The molecule has 0 radical (unpaired) electrons. The largest absolute Gasteiger partial charge is 0.495 e. The number of hydrogen-bond donors (Lipinski definition) is 1. The predicted molar refractivity (Wildman–Crippen MR) is 74.3 cm³/mol. The molecule has 0 aliphatic heterocycles. The van der Waals surface area contributed by atoms with Crippen molar-refractivity contribution < 1.29 is 22.7 Å². The van der Waals surface area contributed by atoms with E-state index in [0.717, 1.165) is 4.90 Å². The Morgan fingerprint density at radius 1 is 1.38 bits per heavy atom. The van der Waals surface area contributed by atoms with E-state index in [2.05, 4.69) is 0 Å². The van der Waals surface area contributed by atoms with Gasteiger partial charge in [-0.05, 0) is 24.6 Å². The van der Waals surface area contributed by atoms with Crippen LogP contribution in [0, 0.1) is 0 Å². The molecule has 21 heavy (non-hydrogen) atoms. The number of unbranched alkanes of at least 4 members (excludes halogenated alkanes) is 1. The van der Waals surface area contributed by atoms with Crippen molar-refractivity contribution in [3.63, 3.8) is 0 Å². The molecular formula is C14H19F3N2O2. The quantitative estimate of drug-likeness (QED) is 0.822. The normalized spacial score (nSPS) is 11.3. The van der Waals surface area contributed by atoms with Crippen molar-refractivity contribution in [3.05, 3.63) is 23.8 Å². The molecule has 0 atom stereocenters. The van der Waals surface area contributed by atoms with Crippen LogP contribution in [0.3, 0.4) is 0 Å². The molecule has 1 aromatic rings. The minimum absolute atomic E-state index is 0.0563. The van der Waals surface area contributed by atoms with Crippen molar-refractivity contribution in [2.75, 3.05) is 25.9 Å². The lowest BCUT2D eigenvalue weighted by atomic mass is 10.1. The summed E-state index contributed by atoms with van der Waals surface area (Å²) in [6.45, 7) is 0.639. The first-order valence-corrected chi connectivity index (χ1v) is 6.58. The zero-order chi connectivity index (χ0) is 16.0. The van der Waals surface area contributed by atoms with E-state index in [-0.39, 0.29) is 17.8 Å². The zero-order valence-electron chi connectivity index (χ0n) is 12.0. The Morgan fingerprint density at radius 3 is 2.52 bits per heavy atom. The van der Waals surface area contributed by atoms with Crippen LogP contribution in [0.2, 0.25) is 0 Å². The second kappa shape index (κ2) is 7.19. The Labute approximate surface area is 121 Å². The Hall–Kier alpha value is -1.92. The fourth-order valence-corrected chi connectivity index (χ4v) is 1.87. The van der Waals surface area contributed by atoms with E-state index in [0.29, 0.717) is 18.6 Å². The van der Waals surface area contributed by atoms with Crippen molar-refractivity contribution in [3.8, 4) is 5.75 Å². The molecule has 0 unspecified atom stereocenters. The summed E-state index contributed by atoms with van der Waals surface area (Å²) in [5.41, 5.74) is 6.01. The van der Waals surface area contributed by atoms with Gasteiger partial charge in [-0.2, -0.15) is 13.2 Å². The molecule has 0 bridgehead atoms. The van der Waals surface area contributed by atoms with Crippen molar-refractivity contribution >= 4 is 11.6 Å². The standard InChI is InChI=1S/C14H19F3N2O2/c1-3-4-7-19(9-14(15,16)17)13(20)10-5-6-12(21-2)11(18)8-10/h5-6,8H,3-4,7,9,18H2,1-2H3. The average molecular weight is 304 g/mol. The molecule has 0 fully saturated rings. The second-order valence-electron chi connectivity index (χ2n) is 4.65. The van der Waals surface area contributed by atoms with E-state index in [1.807, 2.05) is 6.92 Å². The number of nitrogen functional groups attached to an aromatic ring is 1. The highest BCUT2D eigenvalue weighted by molar-refractivity contribution is 5.95. The first-order chi connectivity index (χ1) is 9.78. The van der Waals surface area contributed by atoms with Gasteiger partial charge >= 0.3 is 6.18 Å². The van der Waals surface area contributed by atoms with Gasteiger partial charge < -0.3 is 15.4 Å². The van der Waals surface area contributed by atoms with Crippen LogP contribution in [0.4, 0.5) is 18.9 Å². The van der Waals surface area contributed by atoms with Crippen LogP contribution >= 0.6 is 0 Å². The Kier molecular flexibility index (Phi) is 5.87. The van der Waals surface area contributed by atoms with Gasteiger partial charge in [0, 0.05) is 12.1 Å². The molecule has 0 aliphatic rings. The van der Waals surface area contributed by atoms with Gasteiger partial charge in [0.15, 0.2) is 0 Å². The molecule has 0 aliphatic carbocycles. The third-order valence-corrected chi connectivity index (χ3v) is 2.92. The molecule has 2 N–H and O–H groups in total. The predicted octanol–water partition coefficient (Wildman–Crippen LogP) is 3.08. The first-order valence-electron chi connectivity index (χ1n) is 6.58. The van der Waals surface area contributed by atoms with Crippen molar-refractivity contribution in [2.24, 2.45) is 0 Å². The maximum Gasteiger partial charge on any atom is 0.406 e. The number of benzene rings is 1. The number of carbonyl (C=O) groups excluding carboxylic acids is 1. The smallest absolute Gasteiger partial charge is 0.406 e. The molecule has 7 heteroatoms. The van der Waals surface area contributed by atoms with Crippen LogP contribution < -0.4 is 10.5 Å². The number of rotatable bonds is 6. The lowest BCUT2D eigenvalue weighted by Gasteiger charge is -2.24. The number of nitrogens with zero attached hydrogens (tertiary/aromatic N) is 1. The summed E-state index contributed by atoms with van der Waals surface area (Å²) in [5, 5.41) is 0. The molecule has 118 valence electrons. The lowest BCUT2D eigenvalue weighted by Crippen LogP contribution is -2.39. The minimum Gasteiger partial charge on any atom is -0.495 e. The van der Waals surface area contributed by atoms with Crippen LogP contribution in [0.5, 0.6) is 5.75 Å². The minimum atomic E-state index is -4.43. The van der Waals surface area contributed by atoms with Crippen LogP contribution in [-0.2, 0) is 0 Å². The molecule has 1 amide bonds. The zero-order valence-corrected chi connectivity index (χ0v) is 12.0. The number of carbonyl (C=O) groups is 1. The van der Waals surface area contributed by atoms with Crippen molar-refractivity contribution in [1.29, 1.82) is 0 Å². The van der Waals surface area contributed by atoms with Gasteiger partial charge in [-0.3, -0.25) is 4.79 Å². The summed E-state index contributed by atoms with van der Waals surface area (Å²) in [6.07, 6.45) is -3.22. The SMILES string of the molecule is CCCCN(CC(F)(F)F)C(=O)c1ccc(OC)c(N)c1. The number of alkyl halides is 3. The number of halogens is 3. The Bertz CT molecular complexity index is 490. The molecule has 4 nitrogen and oxygen atoms in total. The van der Waals surface area contributed by atoms with E-state index in [1.54, 1.807) is 0 Å². The fraction of sp³-hybridized carbons (Fsp3) is 0.500. The maximum atomic E-state index is 12.6. The Balaban J connectivity index is 2.95. The summed E-state index contributed by atoms with van der Waals surface area (Å²) < 4.78 is 42.7. The molecule has 0 saturated heterocycles. The van der Waals surface area contributed by atoms with Gasteiger partial charge in [-0.1, -0.05) is 13.3 Å². The number of amides is 1. The van der Waals surface area contributed by atoms with Gasteiger partial charge in [0.25, 0.3) is 5.91 Å². The van der Waals surface area contributed by atoms with Crippen LogP contribution in [0.25, 0.3) is 0 Å². The third kappa shape index (κ3) is 5.17. The number of methoxy groups -OCH3 is 1. The number of anilines is 1. The van der Waals surface area contributed by atoms with Crippen LogP contribution in [-0.4, -0.2) is 37.2 Å². The highest BCUT2D eigenvalue weighted by atomic mass is 19.4. The molecule has 1 aromatic carbocycles. The number of ether oxygens (including phenoxy) is 1. The molecular weight excluding hydrogens is 285 g/mol. The van der Waals surface area contributed by atoms with E-state index in [4.69, 9.17) is 10.5 Å². The summed E-state index contributed by atoms with van der Waals surface area (Å²) in [7, 11) is 1.42. The highest BCUT2D eigenvalue weighted by Gasteiger charge is 2.33. The summed E-state index contributed by atoms with van der Waals surface area (Å²) in [6, 6.07) is 4.21. The summed E-state index contributed by atoms with van der Waals surface area (Å²) in [4.78, 5) is 13.0. The first kappa shape index (κ1) is 17.1. The van der Waals surface area contributed by atoms with Gasteiger partial charge in [0.1, 0.15) is 12.3 Å². The van der Waals surface area contributed by atoms with Gasteiger partial charge in [0.2, 0.25) is 0 Å². The van der Waals surface area contributed by atoms with Crippen molar-refractivity contribution in [2.45, 2.75) is 25.9 Å². The monoisotopic (exact) mass is 304 g/mol. The van der Waals surface area contributed by atoms with E-state index in [1.165, 1.54) is 25.3 Å². The highest BCUT2D eigenvalue weighted by Crippen LogP contribution is 2.24. The Morgan fingerprint density at radius 2 is 2.05 bits per heavy atom. The van der Waals surface area contributed by atoms with E-state index < -0.39 is 18.6 Å². The fourth-order valence-electron chi connectivity index (χ4n) is 1.87. The van der Waals surface area contributed by atoms with Crippen molar-refractivity contribution in [1.82, 2.24) is 4.90 Å². The van der Waals surface area contributed by atoms with Crippen LogP contribution in [0.1, 0.15) is 30.1 Å². The average Bonchev–Trinajstić information content (AvgIpc) is 2.41. The molecule has 0 spiro atoms. The molecule has 0 heterocycles. The van der Waals surface area contributed by atoms with Gasteiger partial charge in [0.05, 0.1) is 12.8 Å². The lowest BCUT2D eigenvalue weighted by molar-refractivity contribution is -0.140. The molecule has 0 saturated carbocycles. The van der Waals surface area contributed by atoms with E-state index >= 15 is 0 Å². The number of hydrogen-bond acceptors (Lipinski definition) is 3. The number of nitrogens with two attached hydrogens (primary N) is 1. The third-order valence-electron chi connectivity index (χ3n) is 2.92.